The number of carbonyl (C=O) groups excluding carboxylic acids is 1. The summed E-state index contributed by atoms with van der Waals surface area (Å²) in [4.78, 5) is 12.6. The Balaban J connectivity index is 1.77. The van der Waals surface area contributed by atoms with Crippen molar-refractivity contribution in [3.63, 3.8) is 0 Å². The van der Waals surface area contributed by atoms with Crippen LogP contribution in [0.25, 0.3) is 11.4 Å². The fraction of sp³-hybridized carbons (Fsp3) is 0.190. The van der Waals surface area contributed by atoms with Gasteiger partial charge in [-0.2, -0.15) is 0 Å². The average Bonchev–Trinajstić information content (AvgIpc) is 3.12. The number of anilines is 1. The normalized spacial score (nSPS) is 11.7. The quantitative estimate of drug-likeness (QED) is 0.368. The van der Waals surface area contributed by atoms with Crippen molar-refractivity contribution in [1.82, 2.24) is 14.8 Å². The Morgan fingerprint density at radius 1 is 1.24 bits per heavy atom. The average molecular weight is 473 g/mol. The lowest BCUT2D eigenvalue weighted by Gasteiger charge is -2.13. The van der Waals surface area contributed by atoms with Gasteiger partial charge in [0.25, 0.3) is 0 Å². The van der Waals surface area contributed by atoms with Crippen LogP contribution in [-0.4, -0.2) is 33.0 Å². The number of allylic oxidation sites excluding steroid dienone is 1. The molecular formula is C21H21BrN4O2S. The number of hydrogen-bond acceptors (Lipinski definition) is 5. The minimum atomic E-state index is -0.352. The molecular weight excluding hydrogens is 452 g/mol. The molecule has 0 bridgehead atoms. The topological polar surface area (TPSA) is 69.0 Å². The van der Waals surface area contributed by atoms with Gasteiger partial charge in [-0.15, -0.1) is 16.8 Å². The SMILES string of the molecule is C=CCn1c(SC(C)C(=O)Nc2ccc(Br)cc2)nnc1-c1ccc(OC)cc1. The lowest BCUT2D eigenvalue weighted by molar-refractivity contribution is -0.115. The van der Waals surface area contributed by atoms with Gasteiger partial charge in [-0.3, -0.25) is 9.36 Å². The van der Waals surface area contributed by atoms with E-state index in [2.05, 4.69) is 38.0 Å². The van der Waals surface area contributed by atoms with Gasteiger partial charge in [0, 0.05) is 22.3 Å². The van der Waals surface area contributed by atoms with Crippen LogP contribution in [0, 0.1) is 0 Å². The number of amides is 1. The molecule has 29 heavy (non-hydrogen) atoms. The summed E-state index contributed by atoms with van der Waals surface area (Å²) in [5.74, 6) is 1.39. The fourth-order valence-corrected chi connectivity index (χ4v) is 3.73. The second-order valence-electron chi connectivity index (χ2n) is 6.19. The molecule has 1 amide bonds. The lowest BCUT2D eigenvalue weighted by Crippen LogP contribution is -2.22. The molecule has 0 aliphatic heterocycles. The van der Waals surface area contributed by atoms with Crippen molar-refractivity contribution in [3.05, 3.63) is 65.7 Å². The van der Waals surface area contributed by atoms with Crippen LogP contribution in [-0.2, 0) is 11.3 Å². The standard InChI is InChI=1S/C21H21BrN4O2S/c1-4-13-26-19(15-5-11-18(28-3)12-6-15)24-25-21(26)29-14(2)20(27)23-17-9-7-16(22)8-10-17/h4-12,14H,1,13H2,2-3H3,(H,23,27). The zero-order valence-electron chi connectivity index (χ0n) is 16.1. The number of carbonyl (C=O) groups is 1. The maximum Gasteiger partial charge on any atom is 0.237 e. The molecule has 150 valence electrons. The van der Waals surface area contributed by atoms with E-state index in [0.29, 0.717) is 11.7 Å². The number of methoxy groups -OCH3 is 1. The maximum atomic E-state index is 12.6. The van der Waals surface area contributed by atoms with Gasteiger partial charge in [-0.1, -0.05) is 33.8 Å². The summed E-state index contributed by atoms with van der Waals surface area (Å²) in [7, 11) is 1.63. The molecule has 1 atom stereocenters. The Labute approximate surface area is 182 Å². The largest absolute Gasteiger partial charge is 0.497 e. The van der Waals surface area contributed by atoms with E-state index >= 15 is 0 Å². The van der Waals surface area contributed by atoms with Crippen LogP contribution in [0.2, 0.25) is 0 Å². The number of aromatic nitrogens is 3. The Kier molecular flexibility index (Phi) is 7.11. The first-order chi connectivity index (χ1) is 14.0. The molecule has 0 aliphatic rings. The predicted molar refractivity (Wildman–Crippen MR) is 120 cm³/mol. The molecule has 1 N–H and O–H groups in total. The van der Waals surface area contributed by atoms with Gasteiger partial charge in [-0.05, 0) is 55.5 Å². The van der Waals surface area contributed by atoms with E-state index in [1.165, 1.54) is 11.8 Å². The van der Waals surface area contributed by atoms with E-state index in [4.69, 9.17) is 4.74 Å². The van der Waals surface area contributed by atoms with E-state index in [9.17, 15) is 4.79 Å². The minimum absolute atomic E-state index is 0.100. The summed E-state index contributed by atoms with van der Waals surface area (Å²) in [5, 5.41) is 11.9. The molecule has 3 rings (SSSR count). The van der Waals surface area contributed by atoms with Crippen molar-refractivity contribution in [2.75, 3.05) is 12.4 Å². The van der Waals surface area contributed by atoms with Gasteiger partial charge in [0.1, 0.15) is 5.75 Å². The molecule has 0 radical (unpaired) electrons. The number of rotatable bonds is 8. The third-order valence-corrected chi connectivity index (χ3v) is 5.75. The highest BCUT2D eigenvalue weighted by molar-refractivity contribution is 9.10. The molecule has 0 saturated heterocycles. The van der Waals surface area contributed by atoms with Crippen molar-refractivity contribution < 1.29 is 9.53 Å². The fourth-order valence-electron chi connectivity index (χ4n) is 2.61. The lowest BCUT2D eigenvalue weighted by atomic mass is 10.2. The highest BCUT2D eigenvalue weighted by Crippen LogP contribution is 2.28. The Morgan fingerprint density at radius 2 is 1.93 bits per heavy atom. The molecule has 8 heteroatoms. The van der Waals surface area contributed by atoms with Gasteiger partial charge < -0.3 is 10.1 Å². The maximum absolute atomic E-state index is 12.6. The van der Waals surface area contributed by atoms with Gasteiger partial charge >= 0.3 is 0 Å². The molecule has 2 aromatic carbocycles. The first-order valence-electron chi connectivity index (χ1n) is 8.93. The van der Waals surface area contributed by atoms with E-state index in [0.717, 1.165) is 27.3 Å². The summed E-state index contributed by atoms with van der Waals surface area (Å²) in [5.41, 5.74) is 1.66. The summed E-state index contributed by atoms with van der Waals surface area (Å²) in [6.45, 7) is 6.21. The summed E-state index contributed by atoms with van der Waals surface area (Å²) in [6, 6.07) is 15.1. The highest BCUT2D eigenvalue weighted by atomic mass is 79.9. The third-order valence-electron chi connectivity index (χ3n) is 4.14. The zero-order valence-corrected chi connectivity index (χ0v) is 18.5. The Bertz CT molecular complexity index is 987. The molecule has 1 unspecified atom stereocenters. The summed E-state index contributed by atoms with van der Waals surface area (Å²) < 4.78 is 8.12. The van der Waals surface area contributed by atoms with Gasteiger partial charge in [0.05, 0.1) is 12.4 Å². The van der Waals surface area contributed by atoms with Crippen LogP contribution < -0.4 is 10.1 Å². The number of halogens is 1. The molecule has 0 aliphatic carbocycles. The van der Waals surface area contributed by atoms with Crippen molar-refractivity contribution >= 4 is 39.3 Å². The van der Waals surface area contributed by atoms with Crippen LogP contribution >= 0.6 is 27.7 Å². The number of thioether (sulfide) groups is 1. The van der Waals surface area contributed by atoms with Crippen molar-refractivity contribution in [2.24, 2.45) is 0 Å². The third kappa shape index (κ3) is 5.27. The van der Waals surface area contributed by atoms with Crippen molar-refractivity contribution in [3.8, 4) is 17.1 Å². The molecule has 1 aromatic heterocycles. The van der Waals surface area contributed by atoms with Crippen LogP contribution in [0.5, 0.6) is 5.75 Å². The zero-order chi connectivity index (χ0) is 20.8. The highest BCUT2D eigenvalue weighted by Gasteiger charge is 2.20. The van der Waals surface area contributed by atoms with Crippen LogP contribution in [0.3, 0.4) is 0 Å². The van der Waals surface area contributed by atoms with Gasteiger partial charge in [-0.25, -0.2) is 0 Å². The first kappa shape index (κ1) is 21.1. The second kappa shape index (κ2) is 9.76. The number of hydrogen-bond donors (Lipinski definition) is 1. The number of nitrogens with one attached hydrogen (secondary N) is 1. The van der Waals surface area contributed by atoms with Crippen molar-refractivity contribution in [2.45, 2.75) is 23.9 Å². The monoisotopic (exact) mass is 472 g/mol. The molecule has 0 spiro atoms. The van der Waals surface area contributed by atoms with E-state index < -0.39 is 0 Å². The smallest absolute Gasteiger partial charge is 0.237 e. The second-order valence-corrected chi connectivity index (χ2v) is 8.41. The predicted octanol–water partition coefficient (Wildman–Crippen LogP) is 5.02. The first-order valence-corrected chi connectivity index (χ1v) is 10.6. The minimum Gasteiger partial charge on any atom is -0.497 e. The number of benzene rings is 2. The summed E-state index contributed by atoms with van der Waals surface area (Å²) in [6.07, 6.45) is 1.78. The molecule has 3 aromatic rings. The van der Waals surface area contributed by atoms with E-state index in [-0.39, 0.29) is 11.2 Å². The number of ether oxygens (including phenoxy) is 1. The summed E-state index contributed by atoms with van der Waals surface area (Å²) >= 11 is 4.75. The Morgan fingerprint density at radius 3 is 2.55 bits per heavy atom. The van der Waals surface area contributed by atoms with Crippen molar-refractivity contribution in [1.29, 1.82) is 0 Å². The molecule has 0 fully saturated rings. The van der Waals surface area contributed by atoms with Crippen LogP contribution in [0.1, 0.15) is 6.92 Å². The van der Waals surface area contributed by atoms with Gasteiger partial charge in [0.2, 0.25) is 5.91 Å². The van der Waals surface area contributed by atoms with E-state index in [1.54, 1.807) is 13.2 Å². The van der Waals surface area contributed by atoms with Crippen LogP contribution in [0.4, 0.5) is 5.69 Å². The number of nitrogens with zero attached hydrogens (tertiary/aromatic N) is 3. The Hall–Kier alpha value is -2.58. The molecule has 1 heterocycles. The van der Waals surface area contributed by atoms with Gasteiger partial charge in [0.15, 0.2) is 11.0 Å². The molecule has 0 saturated carbocycles. The van der Waals surface area contributed by atoms with Crippen LogP contribution in [0.15, 0.2) is 70.8 Å². The molecule has 6 nitrogen and oxygen atoms in total. The van der Waals surface area contributed by atoms with E-state index in [1.807, 2.05) is 60.0 Å².